The van der Waals surface area contributed by atoms with Gasteiger partial charge in [0.25, 0.3) is 5.91 Å². The van der Waals surface area contributed by atoms with Crippen molar-refractivity contribution in [1.82, 2.24) is 40.4 Å². The summed E-state index contributed by atoms with van der Waals surface area (Å²) in [7, 11) is 2.72. The molecule has 65 heavy (non-hydrogen) atoms. The lowest BCUT2D eigenvalue weighted by Crippen LogP contribution is -2.46. The second kappa shape index (κ2) is 17.3. The maximum absolute atomic E-state index is 14.5. The highest BCUT2D eigenvalue weighted by Crippen LogP contribution is 2.50. The average Bonchev–Trinajstić information content (AvgIpc) is 4.16. The molecule has 0 radical (unpaired) electrons. The molecule has 2 aliphatic heterocycles. The number of H-pyrrole nitrogens is 2. The van der Waals surface area contributed by atoms with Gasteiger partial charge in [-0.15, -0.1) is 0 Å². The number of carbonyl (C=O) groups excluding carboxylic acids is 3. The third-order valence-electron chi connectivity index (χ3n) is 15.1. The van der Waals surface area contributed by atoms with Gasteiger partial charge in [0.2, 0.25) is 0 Å². The van der Waals surface area contributed by atoms with Crippen molar-refractivity contribution in [2.75, 3.05) is 20.8 Å². The number of hydrogen-bond donors (Lipinski definition) is 4. The zero-order valence-corrected chi connectivity index (χ0v) is 38.2. The summed E-state index contributed by atoms with van der Waals surface area (Å²) < 4.78 is 9.91. The van der Waals surface area contributed by atoms with Crippen LogP contribution in [0.4, 0.5) is 9.59 Å². The third kappa shape index (κ3) is 7.91. The van der Waals surface area contributed by atoms with E-state index < -0.39 is 18.2 Å². The number of allylic oxidation sites excluding steroid dienone is 5. The number of ether oxygens (including phenoxy) is 2. The minimum Gasteiger partial charge on any atom is -0.453 e. The summed E-state index contributed by atoms with van der Waals surface area (Å²) in [6, 6.07) is 19.8. The summed E-state index contributed by atoms with van der Waals surface area (Å²) in [5, 5.41) is 8.15. The Morgan fingerprint density at radius 3 is 2.48 bits per heavy atom. The lowest BCUT2D eigenvalue weighted by atomic mass is 9.76. The minimum absolute atomic E-state index is 0.0535. The molecule has 3 fully saturated rings. The summed E-state index contributed by atoms with van der Waals surface area (Å²) >= 11 is 0. The van der Waals surface area contributed by atoms with Crippen LogP contribution in [0, 0.1) is 17.8 Å². The number of likely N-dealkylation sites (tertiary alicyclic amines) is 2. The number of methoxy groups -OCH3 is 2. The molecule has 13 heteroatoms. The molecular weight excluding hydrogens is 817 g/mol. The summed E-state index contributed by atoms with van der Waals surface area (Å²) in [6.07, 6.45) is 12.7. The summed E-state index contributed by atoms with van der Waals surface area (Å²) in [4.78, 5) is 61.8. The van der Waals surface area contributed by atoms with E-state index in [0.717, 1.165) is 82.5 Å². The monoisotopic (exact) mass is 876 g/mol. The number of carbonyl (C=O) groups is 3. The molecule has 9 unspecified atom stereocenters. The van der Waals surface area contributed by atoms with Crippen LogP contribution in [0.3, 0.4) is 0 Å². The molecule has 2 saturated heterocycles. The highest BCUT2D eigenvalue weighted by Gasteiger charge is 2.49. The molecule has 3 aromatic carbocycles. The van der Waals surface area contributed by atoms with Crippen LogP contribution in [0.2, 0.25) is 0 Å². The minimum atomic E-state index is -0.885. The number of rotatable bonds is 10. The van der Waals surface area contributed by atoms with Crippen molar-refractivity contribution in [3.8, 4) is 0 Å². The molecule has 5 aliphatic rings. The van der Waals surface area contributed by atoms with E-state index in [9.17, 15) is 14.4 Å². The maximum Gasteiger partial charge on any atom is 0.407 e. The molecule has 10 rings (SSSR count). The first-order valence-corrected chi connectivity index (χ1v) is 23.4. The molecule has 13 nitrogen and oxygen atoms in total. The molecule has 5 aromatic rings. The molecule has 338 valence electrons. The SMILES string of the molecule is COC(=O)NC(C=C(C)C)CN1C2CCC(C2)C1c1nc2c(ccc3cc(C4=CC=C5c6nc(C7CC(C)C(C)N7C(=O)C(NC(=O)OC)c7ccccc7)[nH]c6CCC5C4)ccc32)[nH]1. The van der Waals surface area contributed by atoms with E-state index in [1.807, 2.05) is 35.2 Å². The Balaban J connectivity index is 0.900. The van der Waals surface area contributed by atoms with Gasteiger partial charge in [-0.25, -0.2) is 19.6 Å². The van der Waals surface area contributed by atoms with Crippen molar-refractivity contribution in [2.45, 2.75) is 109 Å². The number of alkyl carbamates (subject to hydrolysis) is 2. The predicted molar refractivity (Wildman–Crippen MR) is 251 cm³/mol. The van der Waals surface area contributed by atoms with E-state index in [1.54, 1.807) is 0 Å². The average molecular weight is 877 g/mol. The van der Waals surface area contributed by atoms with Gasteiger partial charge in [-0.1, -0.05) is 79.3 Å². The first kappa shape index (κ1) is 42.7. The van der Waals surface area contributed by atoms with Crippen LogP contribution in [-0.2, 0) is 20.7 Å². The number of aromatic amines is 2. The maximum atomic E-state index is 14.5. The fourth-order valence-corrected chi connectivity index (χ4v) is 11.8. The molecule has 4 N–H and O–H groups in total. The Kier molecular flexibility index (Phi) is 11.4. The van der Waals surface area contributed by atoms with Crippen molar-refractivity contribution in [2.24, 2.45) is 17.8 Å². The molecule has 3 aliphatic carbocycles. The van der Waals surface area contributed by atoms with Crippen LogP contribution in [0.5, 0.6) is 0 Å². The van der Waals surface area contributed by atoms with Gasteiger partial charge in [0.15, 0.2) is 0 Å². The van der Waals surface area contributed by atoms with E-state index in [-0.39, 0.29) is 36.0 Å². The van der Waals surface area contributed by atoms with Crippen LogP contribution >= 0.6 is 0 Å². The Morgan fingerprint density at radius 2 is 1.69 bits per heavy atom. The fraction of sp³-hybridized carbons (Fsp3) is 0.442. The number of hydrogen-bond acceptors (Lipinski definition) is 8. The highest BCUT2D eigenvalue weighted by molar-refractivity contribution is 6.05. The second-order valence-electron chi connectivity index (χ2n) is 19.3. The number of nitrogens with one attached hydrogen (secondary N) is 4. The van der Waals surface area contributed by atoms with E-state index in [4.69, 9.17) is 19.4 Å². The summed E-state index contributed by atoms with van der Waals surface area (Å²) in [6.45, 7) is 9.09. The number of aryl methyl sites for hydroxylation is 1. The van der Waals surface area contributed by atoms with Crippen LogP contribution in [-0.4, -0.2) is 86.7 Å². The van der Waals surface area contributed by atoms with Gasteiger partial charge >= 0.3 is 12.2 Å². The first-order chi connectivity index (χ1) is 31.5. The molecule has 2 bridgehead atoms. The molecule has 0 spiro atoms. The zero-order chi connectivity index (χ0) is 45.1. The lowest BCUT2D eigenvalue weighted by Gasteiger charge is -2.36. The number of amides is 3. The third-order valence-corrected chi connectivity index (χ3v) is 15.1. The van der Waals surface area contributed by atoms with Crippen LogP contribution in [0.15, 0.2) is 84.5 Å². The molecular formula is C52H60N8O5. The Bertz CT molecular complexity index is 2750. The van der Waals surface area contributed by atoms with Gasteiger partial charge in [0.1, 0.15) is 17.7 Å². The number of benzene rings is 3. The molecule has 3 amide bonds. The number of imidazole rings is 2. The number of nitrogens with zero attached hydrogens (tertiary/aromatic N) is 4. The Morgan fingerprint density at radius 1 is 0.892 bits per heavy atom. The first-order valence-electron chi connectivity index (χ1n) is 23.4. The quantitative estimate of drug-likeness (QED) is 0.101. The van der Waals surface area contributed by atoms with Crippen molar-refractivity contribution in [1.29, 1.82) is 0 Å². The van der Waals surface area contributed by atoms with E-state index in [0.29, 0.717) is 30.0 Å². The van der Waals surface area contributed by atoms with Gasteiger partial charge in [-0.2, -0.15) is 0 Å². The van der Waals surface area contributed by atoms with Gasteiger partial charge in [0.05, 0.1) is 49.1 Å². The summed E-state index contributed by atoms with van der Waals surface area (Å²) in [5.74, 6) is 2.73. The summed E-state index contributed by atoms with van der Waals surface area (Å²) in [5.41, 5.74) is 9.81. The largest absolute Gasteiger partial charge is 0.453 e. The van der Waals surface area contributed by atoms with Gasteiger partial charge in [-0.3, -0.25) is 9.69 Å². The van der Waals surface area contributed by atoms with Crippen molar-refractivity contribution >= 4 is 51.0 Å². The molecule has 4 heterocycles. The van der Waals surface area contributed by atoms with Crippen LogP contribution < -0.4 is 10.6 Å². The van der Waals surface area contributed by atoms with Crippen molar-refractivity contribution < 1.29 is 23.9 Å². The van der Waals surface area contributed by atoms with Crippen molar-refractivity contribution in [3.63, 3.8) is 0 Å². The normalized spacial score (nSPS) is 25.6. The van der Waals surface area contributed by atoms with E-state index in [2.05, 4.69) is 102 Å². The van der Waals surface area contributed by atoms with Crippen LogP contribution in [0.1, 0.15) is 119 Å². The van der Waals surface area contributed by atoms with Gasteiger partial charge in [-0.05, 0) is 123 Å². The van der Waals surface area contributed by atoms with E-state index in [1.165, 1.54) is 43.8 Å². The molecule has 9 atom stereocenters. The van der Waals surface area contributed by atoms with Crippen LogP contribution in [0.25, 0.3) is 33.0 Å². The lowest BCUT2D eigenvalue weighted by molar-refractivity contribution is -0.136. The molecule has 2 aromatic heterocycles. The second-order valence-corrected chi connectivity index (χ2v) is 19.3. The molecule has 1 saturated carbocycles. The zero-order valence-electron chi connectivity index (χ0n) is 38.2. The van der Waals surface area contributed by atoms with Gasteiger partial charge in [0, 0.05) is 29.7 Å². The smallest absolute Gasteiger partial charge is 0.407 e. The number of piperidine rings is 1. The predicted octanol–water partition coefficient (Wildman–Crippen LogP) is 9.48. The van der Waals surface area contributed by atoms with Gasteiger partial charge < -0.3 is 35.0 Å². The number of aromatic nitrogens is 4. The Labute approximate surface area is 380 Å². The highest BCUT2D eigenvalue weighted by atomic mass is 16.5. The van der Waals surface area contributed by atoms with E-state index >= 15 is 0 Å². The standard InChI is InChI=1S/C52H60N8O5/c1-28(2)22-37(53-51(62)64-5)27-59-38-17-12-36(26-38)47(59)49-55-42-21-16-35-25-33(14-19-40(35)46(42)57-49)32-13-18-39-34(24-32)15-20-41-45(39)56-48(54-41)43-23-29(3)30(4)60(43)50(61)44(58-52(63)65-6)31-10-8-7-9-11-31/h7-11,13-14,16,18-19,21-22,25,29-30,34,36-38,43-44,47H,12,15,17,20,23-24,26-27H2,1-6H3,(H,53,62)(H,54,56)(H,55,57)(H,58,63). The Hall–Kier alpha value is -6.21. The number of fused-ring (bicyclic) bond motifs is 8. The topological polar surface area (TPSA) is 158 Å². The van der Waals surface area contributed by atoms with Crippen molar-refractivity contribution in [3.05, 3.63) is 119 Å². The fourth-order valence-electron chi connectivity index (χ4n) is 11.8.